The van der Waals surface area contributed by atoms with Crippen LogP contribution in [0, 0.1) is 11.8 Å². The second-order valence-electron chi connectivity index (χ2n) is 8.80. The van der Waals surface area contributed by atoms with Crippen molar-refractivity contribution >= 4 is 23.7 Å². The predicted octanol–water partition coefficient (Wildman–Crippen LogP) is -0.114. The lowest BCUT2D eigenvalue weighted by molar-refractivity contribution is -0.144. The summed E-state index contributed by atoms with van der Waals surface area (Å²) in [5.74, 6) is -3.94. The molecule has 1 rings (SSSR count). The zero-order valence-corrected chi connectivity index (χ0v) is 20.7. The Morgan fingerprint density at radius 3 is 1.86 bits per heavy atom. The summed E-state index contributed by atoms with van der Waals surface area (Å²) in [5, 5.41) is 35.8. The Balaban J connectivity index is 2.89. The number of amides is 3. The molecule has 35 heavy (non-hydrogen) atoms. The standard InChI is InChI=1S/C24H38N4O7/c1-5-13(3)19(27-21(31)17(25)11-15-7-9-16(30)10-8-15)23(33)26-18(12-29)22(32)28-20(24(34)35)14(4)6-2/h7-10,13-14,17-20,29-30H,5-6,11-12,25H2,1-4H3,(H,26,33)(H,27,31)(H,28,32)(H,34,35). The first-order valence-corrected chi connectivity index (χ1v) is 11.7. The van der Waals surface area contributed by atoms with Gasteiger partial charge in [-0.3, -0.25) is 14.4 Å². The summed E-state index contributed by atoms with van der Waals surface area (Å²) in [6.45, 7) is 6.26. The van der Waals surface area contributed by atoms with Gasteiger partial charge in [0.05, 0.1) is 12.6 Å². The first-order chi connectivity index (χ1) is 16.4. The minimum absolute atomic E-state index is 0.0848. The number of aliphatic hydroxyl groups excluding tert-OH is 1. The van der Waals surface area contributed by atoms with Crippen LogP contribution in [0.3, 0.4) is 0 Å². The lowest BCUT2D eigenvalue weighted by Gasteiger charge is -2.28. The molecule has 6 unspecified atom stereocenters. The maximum atomic E-state index is 13.0. The third kappa shape index (κ3) is 9.18. The van der Waals surface area contributed by atoms with Gasteiger partial charge in [0, 0.05) is 0 Å². The number of nitrogens with two attached hydrogens (primary N) is 1. The van der Waals surface area contributed by atoms with Gasteiger partial charge in [0.15, 0.2) is 0 Å². The summed E-state index contributed by atoms with van der Waals surface area (Å²) in [7, 11) is 0. The number of aliphatic carboxylic acids is 1. The Labute approximate surface area is 205 Å². The van der Waals surface area contributed by atoms with Crippen LogP contribution in [-0.2, 0) is 25.6 Å². The average molecular weight is 495 g/mol. The molecule has 0 aromatic heterocycles. The summed E-state index contributed by atoms with van der Waals surface area (Å²) in [5.41, 5.74) is 6.74. The number of rotatable bonds is 14. The highest BCUT2D eigenvalue weighted by Crippen LogP contribution is 2.13. The number of carbonyl (C=O) groups is 4. The fourth-order valence-corrected chi connectivity index (χ4v) is 3.33. The van der Waals surface area contributed by atoms with E-state index >= 15 is 0 Å². The van der Waals surface area contributed by atoms with Crippen molar-refractivity contribution in [2.24, 2.45) is 17.6 Å². The first kappa shape index (κ1) is 29.9. The number of benzene rings is 1. The van der Waals surface area contributed by atoms with E-state index in [4.69, 9.17) is 5.73 Å². The van der Waals surface area contributed by atoms with Crippen LogP contribution in [0.15, 0.2) is 24.3 Å². The van der Waals surface area contributed by atoms with Crippen molar-refractivity contribution in [2.45, 2.75) is 71.1 Å². The number of carbonyl (C=O) groups excluding carboxylic acids is 3. The van der Waals surface area contributed by atoms with Crippen molar-refractivity contribution in [3.8, 4) is 5.75 Å². The summed E-state index contributed by atoms with van der Waals surface area (Å²) < 4.78 is 0. The van der Waals surface area contributed by atoms with Crippen LogP contribution < -0.4 is 21.7 Å². The molecular weight excluding hydrogens is 456 g/mol. The summed E-state index contributed by atoms with van der Waals surface area (Å²) in [6.07, 6.45) is 1.20. The molecule has 0 aliphatic rings. The normalized spacial score (nSPS) is 16.2. The molecular formula is C24H38N4O7. The zero-order valence-electron chi connectivity index (χ0n) is 20.7. The average Bonchev–Trinajstić information content (AvgIpc) is 2.83. The van der Waals surface area contributed by atoms with Crippen LogP contribution in [0.5, 0.6) is 5.75 Å². The number of aliphatic hydroxyl groups is 1. The molecule has 0 heterocycles. The molecule has 0 saturated heterocycles. The highest BCUT2D eigenvalue weighted by atomic mass is 16.4. The van der Waals surface area contributed by atoms with E-state index < -0.39 is 54.5 Å². The highest BCUT2D eigenvalue weighted by molar-refractivity contribution is 5.94. The van der Waals surface area contributed by atoms with E-state index in [-0.39, 0.29) is 24.0 Å². The molecule has 0 aliphatic heterocycles. The number of hydrogen-bond donors (Lipinski definition) is 7. The number of phenols is 1. The van der Waals surface area contributed by atoms with Crippen molar-refractivity contribution in [3.63, 3.8) is 0 Å². The van der Waals surface area contributed by atoms with Gasteiger partial charge in [-0.25, -0.2) is 4.79 Å². The third-order valence-corrected chi connectivity index (χ3v) is 6.11. The van der Waals surface area contributed by atoms with E-state index in [2.05, 4.69) is 16.0 Å². The lowest BCUT2D eigenvalue weighted by atomic mass is 9.96. The molecule has 11 nitrogen and oxygen atoms in total. The number of carboxylic acid groups (broad SMARTS) is 1. The van der Waals surface area contributed by atoms with Gasteiger partial charge in [-0.15, -0.1) is 0 Å². The molecule has 0 aliphatic carbocycles. The molecule has 1 aromatic carbocycles. The molecule has 0 saturated carbocycles. The van der Waals surface area contributed by atoms with E-state index in [0.717, 1.165) is 5.56 Å². The number of nitrogens with one attached hydrogen (secondary N) is 3. The SMILES string of the molecule is CCC(C)C(NC(=O)C(CO)NC(=O)C(NC(=O)C(N)Cc1ccc(O)cc1)C(C)CC)C(=O)O. The van der Waals surface area contributed by atoms with E-state index in [9.17, 15) is 34.5 Å². The molecule has 3 amide bonds. The van der Waals surface area contributed by atoms with Gasteiger partial charge in [-0.2, -0.15) is 0 Å². The second-order valence-corrected chi connectivity index (χ2v) is 8.80. The monoisotopic (exact) mass is 494 g/mol. The summed E-state index contributed by atoms with van der Waals surface area (Å²) >= 11 is 0. The van der Waals surface area contributed by atoms with Gasteiger partial charge in [-0.1, -0.05) is 52.7 Å². The van der Waals surface area contributed by atoms with Gasteiger partial charge in [0.1, 0.15) is 23.9 Å². The highest BCUT2D eigenvalue weighted by Gasteiger charge is 2.33. The minimum atomic E-state index is -1.40. The van der Waals surface area contributed by atoms with E-state index in [1.807, 2.05) is 6.92 Å². The van der Waals surface area contributed by atoms with Crippen molar-refractivity contribution in [1.82, 2.24) is 16.0 Å². The van der Waals surface area contributed by atoms with Crippen molar-refractivity contribution in [3.05, 3.63) is 29.8 Å². The number of carboxylic acids is 1. The molecule has 0 radical (unpaired) electrons. The van der Waals surface area contributed by atoms with Gasteiger partial charge >= 0.3 is 5.97 Å². The van der Waals surface area contributed by atoms with Gasteiger partial charge < -0.3 is 37.0 Å². The fraction of sp³-hybridized carbons (Fsp3) is 0.583. The molecule has 1 aromatic rings. The van der Waals surface area contributed by atoms with E-state index in [0.29, 0.717) is 12.8 Å². The number of hydrogen-bond acceptors (Lipinski definition) is 7. The van der Waals surface area contributed by atoms with Crippen LogP contribution in [0.2, 0.25) is 0 Å². The Morgan fingerprint density at radius 1 is 0.857 bits per heavy atom. The van der Waals surface area contributed by atoms with Crippen molar-refractivity contribution in [2.75, 3.05) is 6.61 Å². The minimum Gasteiger partial charge on any atom is -0.508 e. The van der Waals surface area contributed by atoms with Gasteiger partial charge in [-0.05, 0) is 36.0 Å². The molecule has 6 atom stereocenters. The first-order valence-electron chi connectivity index (χ1n) is 11.7. The third-order valence-electron chi connectivity index (χ3n) is 6.11. The maximum absolute atomic E-state index is 13.0. The Hall–Kier alpha value is -3.18. The van der Waals surface area contributed by atoms with Crippen LogP contribution in [0.1, 0.15) is 46.1 Å². The summed E-state index contributed by atoms with van der Waals surface area (Å²) in [6, 6.07) is 1.64. The predicted molar refractivity (Wildman–Crippen MR) is 129 cm³/mol. The van der Waals surface area contributed by atoms with Crippen molar-refractivity contribution in [1.29, 1.82) is 0 Å². The van der Waals surface area contributed by atoms with Crippen LogP contribution in [0.25, 0.3) is 0 Å². The smallest absolute Gasteiger partial charge is 0.326 e. The Bertz CT molecular complexity index is 862. The van der Waals surface area contributed by atoms with Crippen LogP contribution in [-0.4, -0.2) is 69.8 Å². The fourth-order valence-electron chi connectivity index (χ4n) is 3.33. The van der Waals surface area contributed by atoms with Crippen LogP contribution in [0.4, 0.5) is 0 Å². The zero-order chi connectivity index (χ0) is 26.7. The van der Waals surface area contributed by atoms with Crippen LogP contribution >= 0.6 is 0 Å². The molecule has 196 valence electrons. The van der Waals surface area contributed by atoms with E-state index in [1.165, 1.54) is 12.1 Å². The molecule has 0 spiro atoms. The number of phenolic OH excluding ortho intramolecular Hbond substituents is 1. The Morgan fingerprint density at radius 2 is 1.37 bits per heavy atom. The topological polar surface area (TPSA) is 191 Å². The quantitative estimate of drug-likeness (QED) is 0.186. The molecule has 11 heteroatoms. The maximum Gasteiger partial charge on any atom is 0.326 e. The second kappa shape index (κ2) is 14.3. The lowest BCUT2D eigenvalue weighted by Crippen LogP contribution is -2.60. The summed E-state index contributed by atoms with van der Waals surface area (Å²) in [4.78, 5) is 49.8. The van der Waals surface area contributed by atoms with E-state index in [1.54, 1.807) is 32.9 Å². The molecule has 0 fully saturated rings. The molecule has 0 bridgehead atoms. The Kier molecular flexibility index (Phi) is 12.2. The van der Waals surface area contributed by atoms with Gasteiger partial charge in [0.2, 0.25) is 17.7 Å². The van der Waals surface area contributed by atoms with Gasteiger partial charge in [0.25, 0.3) is 0 Å². The number of aromatic hydroxyl groups is 1. The van der Waals surface area contributed by atoms with Crippen molar-refractivity contribution < 1.29 is 34.5 Å². The molecule has 8 N–H and O–H groups in total. The largest absolute Gasteiger partial charge is 0.508 e.